The molecule has 0 radical (unpaired) electrons. The molecule has 7 heteroatoms. The number of nitrogens with zero attached hydrogens (tertiary/aromatic N) is 1. The van der Waals surface area contributed by atoms with Crippen molar-refractivity contribution < 1.29 is 22.7 Å². The molecule has 0 amide bonds. The minimum Gasteiger partial charge on any atom is -0.346 e. The van der Waals surface area contributed by atoms with Gasteiger partial charge in [0.1, 0.15) is 5.69 Å². The van der Waals surface area contributed by atoms with E-state index in [1.807, 2.05) is 12.1 Å². The van der Waals surface area contributed by atoms with Crippen LogP contribution in [0.4, 0.5) is 0 Å². The predicted octanol–water partition coefficient (Wildman–Crippen LogP) is 4.15. The van der Waals surface area contributed by atoms with E-state index in [4.69, 9.17) is 9.47 Å². The fourth-order valence-electron chi connectivity index (χ4n) is 3.77. The number of carbonyl (C=O) groups is 1. The van der Waals surface area contributed by atoms with Crippen molar-refractivity contribution in [2.24, 2.45) is 0 Å². The van der Waals surface area contributed by atoms with Gasteiger partial charge in [-0.3, -0.25) is 4.79 Å². The maximum Gasteiger partial charge on any atom is 0.268 e. The molecule has 156 valence electrons. The van der Waals surface area contributed by atoms with E-state index in [1.54, 1.807) is 60.7 Å². The van der Waals surface area contributed by atoms with Crippen molar-refractivity contribution in [2.45, 2.75) is 11.2 Å². The molecule has 4 aromatic rings. The van der Waals surface area contributed by atoms with Gasteiger partial charge in [0.05, 0.1) is 23.6 Å². The fraction of sp³-hybridized carbons (Fsp3) is 0.125. The van der Waals surface area contributed by atoms with Crippen molar-refractivity contribution in [3.63, 3.8) is 0 Å². The maximum absolute atomic E-state index is 13.5. The molecular formula is C24H19NO5S. The highest BCUT2D eigenvalue weighted by molar-refractivity contribution is 7.90. The lowest BCUT2D eigenvalue weighted by Crippen LogP contribution is -2.19. The van der Waals surface area contributed by atoms with Gasteiger partial charge in [-0.1, -0.05) is 54.6 Å². The van der Waals surface area contributed by atoms with Gasteiger partial charge in [-0.2, -0.15) is 0 Å². The molecule has 6 nitrogen and oxygen atoms in total. The van der Waals surface area contributed by atoms with Gasteiger partial charge in [0.25, 0.3) is 10.0 Å². The first-order valence-corrected chi connectivity index (χ1v) is 11.3. The van der Waals surface area contributed by atoms with Crippen molar-refractivity contribution >= 4 is 26.7 Å². The van der Waals surface area contributed by atoms with Crippen LogP contribution >= 0.6 is 0 Å². The summed E-state index contributed by atoms with van der Waals surface area (Å²) in [6.45, 7) is 0.985. The smallest absolute Gasteiger partial charge is 0.268 e. The van der Waals surface area contributed by atoms with E-state index in [9.17, 15) is 13.2 Å². The predicted molar refractivity (Wildman–Crippen MR) is 115 cm³/mol. The van der Waals surface area contributed by atoms with E-state index in [2.05, 4.69) is 0 Å². The van der Waals surface area contributed by atoms with Crippen LogP contribution in [0.15, 0.2) is 89.8 Å². The Labute approximate surface area is 179 Å². The van der Waals surface area contributed by atoms with Crippen LogP contribution in [0.1, 0.15) is 27.9 Å². The van der Waals surface area contributed by atoms with Gasteiger partial charge in [-0.25, -0.2) is 12.4 Å². The Morgan fingerprint density at radius 2 is 1.55 bits per heavy atom. The summed E-state index contributed by atoms with van der Waals surface area (Å²) in [5.74, 6) is -0.393. The highest BCUT2D eigenvalue weighted by Crippen LogP contribution is 2.29. The average molecular weight is 433 g/mol. The molecule has 2 heterocycles. The van der Waals surface area contributed by atoms with Gasteiger partial charge in [-0.15, -0.1) is 0 Å². The second kappa shape index (κ2) is 7.77. The lowest BCUT2D eigenvalue weighted by atomic mass is 10.0. The second-order valence-corrected chi connectivity index (χ2v) is 8.99. The molecule has 3 aromatic carbocycles. The zero-order chi connectivity index (χ0) is 21.4. The molecule has 1 aliphatic heterocycles. The number of carbonyl (C=O) groups excluding carboxylic acids is 1. The van der Waals surface area contributed by atoms with Crippen molar-refractivity contribution in [2.75, 3.05) is 13.2 Å². The van der Waals surface area contributed by atoms with E-state index < -0.39 is 22.1 Å². The van der Waals surface area contributed by atoms with Crippen LogP contribution in [0.3, 0.4) is 0 Å². The molecule has 1 aromatic heterocycles. The highest BCUT2D eigenvalue weighted by Gasteiger charge is 2.27. The van der Waals surface area contributed by atoms with E-state index in [1.165, 1.54) is 12.1 Å². The third-order valence-corrected chi connectivity index (χ3v) is 6.97. The lowest BCUT2D eigenvalue weighted by Gasteiger charge is -2.13. The number of fused-ring (bicyclic) bond motifs is 1. The molecule has 0 spiro atoms. The number of rotatable bonds is 5. The van der Waals surface area contributed by atoms with E-state index in [0.29, 0.717) is 29.7 Å². The second-order valence-electron chi connectivity index (χ2n) is 7.20. The minimum atomic E-state index is -3.99. The third-order valence-electron chi connectivity index (χ3n) is 5.22. The summed E-state index contributed by atoms with van der Waals surface area (Å²) in [5.41, 5.74) is 1.62. The maximum atomic E-state index is 13.5. The lowest BCUT2D eigenvalue weighted by molar-refractivity contribution is -0.0441. The molecule has 1 aliphatic rings. The monoisotopic (exact) mass is 433 g/mol. The Morgan fingerprint density at radius 1 is 0.839 bits per heavy atom. The number of ether oxygens (including phenoxy) is 2. The molecular weight excluding hydrogens is 414 g/mol. The van der Waals surface area contributed by atoms with Crippen molar-refractivity contribution in [1.82, 2.24) is 3.97 Å². The van der Waals surface area contributed by atoms with Crippen LogP contribution in [-0.4, -0.2) is 31.4 Å². The Kier molecular flexibility index (Phi) is 4.94. The van der Waals surface area contributed by atoms with Crippen LogP contribution < -0.4 is 0 Å². The molecule has 0 N–H and O–H groups in total. The molecule has 1 fully saturated rings. The van der Waals surface area contributed by atoms with E-state index >= 15 is 0 Å². The topological polar surface area (TPSA) is 74.6 Å². The number of hydrogen-bond donors (Lipinski definition) is 0. The highest BCUT2D eigenvalue weighted by atomic mass is 32.2. The van der Waals surface area contributed by atoms with Gasteiger partial charge >= 0.3 is 0 Å². The summed E-state index contributed by atoms with van der Waals surface area (Å²) in [5, 5.41) is 0.670. The summed E-state index contributed by atoms with van der Waals surface area (Å²) in [7, 11) is -3.99. The van der Waals surface area contributed by atoms with Gasteiger partial charge < -0.3 is 9.47 Å². The summed E-state index contributed by atoms with van der Waals surface area (Å²) >= 11 is 0. The van der Waals surface area contributed by atoms with Crippen LogP contribution in [0, 0.1) is 0 Å². The van der Waals surface area contributed by atoms with Gasteiger partial charge in [-0.05, 0) is 30.3 Å². The summed E-state index contributed by atoms with van der Waals surface area (Å²) in [6.07, 6.45) is -0.522. The molecule has 0 unspecified atom stereocenters. The van der Waals surface area contributed by atoms with Crippen molar-refractivity contribution in [1.29, 1.82) is 0 Å². The summed E-state index contributed by atoms with van der Waals surface area (Å²) < 4.78 is 39.2. The van der Waals surface area contributed by atoms with Crippen LogP contribution in [0.5, 0.6) is 0 Å². The van der Waals surface area contributed by atoms with Crippen LogP contribution in [-0.2, 0) is 19.5 Å². The average Bonchev–Trinajstić information content (AvgIpc) is 3.48. The third kappa shape index (κ3) is 3.46. The summed E-state index contributed by atoms with van der Waals surface area (Å²) in [4.78, 5) is 13.6. The summed E-state index contributed by atoms with van der Waals surface area (Å²) in [6, 6.07) is 23.7. The first-order chi connectivity index (χ1) is 15.1. The molecule has 0 saturated carbocycles. The zero-order valence-electron chi connectivity index (χ0n) is 16.5. The largest absolute Gasteiger partial charge is 0.346 e. The molecule has 5 rings (SSSR count). The quantitative estimate of drug-likeness (QED) is 0.442. The van der Waals surface area contributed by atoms with Crippen molar-refractivity contribution in [3.05, 3.63) is 102 Å². The first kappa shape index (κ1) is 19.7. The molecule has 31 heavy (non-hydrogen) atoms. The Morgan fingerprint density at radius 3 is 2.32 bits per heavy atom. The van der Waals surface area contributed by atoms with Gasteiger partial charge in [0, 0.05) is 16.5 Å². The van der Waals surface area contributed by atoms with E-state index in [0.717, 1.165) is 9.54 Å². The number of benzene rings is 3. The Balaban J connectivity index is 1.67. The van der Waals surface area contributed by atoms with Crippen molar-refractivity contribution in [3.8, 4) is 0 Å². The Hall–Kier alpha value is -3.26. The van der Waals surface area contributed by atoms with Crippen LogP contribution in [0.2, 0.25) is 0 Å². The zero-order valence-corrected chi connectivity index (χ0v) is 17.3. The molecule has 0 atom stereocenters. The molecule has 0 aliphatic carbocycles. The molecule has 0 bridgehead atoms. The SMILES string of the molecule is O=C(c1cccc(C2OCCO2)c1)c1cc2ccccc2n1S(=O)(=O)c1ccccc1. The minimum absolute atomic E-state index is 0.0791. The van der Waals surface area contributed by atoms with Crippen LogP contribution in [0.25, 0.3) is 10.9 Å². The van der Waals surface area contributed by atoms with Gasteiger partial charge in [0.2, 0.25) is 5.78 Å². The number of hydrogen-bond acceptors (Lipinski definition) is 5. The number of ketones is 1. The fourth-order valence-corrected chi connectivity index (χ4v) is 5.30. The number of para-hydroxylation sites is 1. The molecule has 1 saturated heterocycles. The van der Waals surface area contributed by atoms with Gasteiger partial charge in [0.15, 0.2) is 6.29 Å². The Bertz CT molecular complexity index is 1370. The normalized spacial score (nSPS) is 14.8. The standard InChI is InChI=1S/C24H19NO5S/c26-23(18-8-6-9-19(15-18)24-29-13-14-30-24)22-16-17-7-4-5-12-21(17)25(22)31(27,28)20-10-2-1-3-11-20/h1-12,15-16,24H,13-14H2. The first-order valence-electron chi connectivity index (χ1n) is 9.85. The van der Waals surface area contributed by atoms with E-state index in [-0.39, 0.29) is 10.6 Å². The number of aromatic nitrogens is 1.